The Hall–Kier alpha value is -7.37. The van der Waals surface area contributed by atoms with E-state index in [0.29, 0.717) is 17.5 Å². The van der Waals surface area contributed by atoms with Crippen molar-refractivity contribution in [3.05, 3.63) is 189 Å². The molecule has 0 saturated carbocycles. The third-order valence-electron chi connectivity index (χ3n) is 10.1. The minimum atomic E-state index is 0.567. The highest BCUT2D eigenvalue weighted by Gasteiger charge is 2.15. The van der Waals surface area contributed by atoms with Crippen molar-refractivity contribution in [3.63, 3.8) is 0 Å². The lowest BCUT2D eigenvalue weighted by Crippen LogP contribution is -2.00. The quantitative estimate of drug-likeness (QED) is 0.184. The van der Waals surface area contributed by atoms with Crippen LogP contribution in [0.25, 0.3) is 99.2 Å². The summed E-state index contributed by atoms with van der Waals surface area (Å²) in [6.45, 7) is 0. The Morgan fingerprint density at radius 3 is 1.11 bits per heavy atom. The van der Waals surface area contributed by atoms with Crippen molar-refractivity contribution in [1.29, 1.82) is 0 Å². The van der Waals surface area contributed by atoms with Gasteiger partial charge in [0.2, 0.25) is 0 Å². The molecule has 0 bridgehead atoms. The molecular weight excluding hydrogens is 659 g/mol. The molecule has 10 aromatic rings. The predicted octanol–water partition coefficient (Wildman–Crippen LogP) is 12.2. The van der Waals surface area contributed by atoms with Crippen LogP contribution in [0, 0.1) is 0 Å². The lowest BCUT2D eigenvalue weighted by Gasteiger charge is -2.12. The molecule has 0 atom stereocenters. The lowest BCUT2D eigenvalue weighted by molar-refractivity contribution is 1.07. The van der Waals surface area contributed by atoms with Gasteiger partial charge in [-0.1, -0.05) is 133 Å². The number of pyridine rings is 2. The van der Waals surface area contributed by atoms with Gasteiger partial charge in [-0.25, -0.2) is 15.0 Å². The van der Waals surface area contributed by atoms with E-state index < -0.39 is 0 Å². The van der Waals surface area contributed by atoms with Crippen molar-refractivity contribution in [2.45, 2.75) is 0 Å². The van der Waals surface area contributed by atoms with Crippen LogP contribution in [0.2, 0.25) is 0 Å². The standard InChI is InChI=1S/C49H31N5/c1-2-13-39-37(11-1)38-12-3-4-14-40(38)42-16-7-8-18-44(42)46-30-35(23-24-45(46)43-17-6-5-15-41(39)43)48-52-47(53-49(54-48)36-10-9-27-51-31-36)34-21-19-32(20-22-34)33-25-28-50-29-26-33/h1-31H. The Bertz CT molecular complexity index is 3010. The van der Waals surface area contributed by atoms with E-state index in [1.54, 1.807) is 12.4 Å². The number of fused-ring (bicyclic) bond motifs is 10. The zero-order valence-electron chi connectivity index (χ0n) is 29.1. The first-order valence-electron chi connectivity index (χ1n) is 18.0. The van der Waals surface area contributed by atoms with Gasteiger partial charge >= 0.3 is 0 Å². The van der Waals surface area contributed by atoms with Crippen molar-refractivity contribution in [2.24, 2.45) is 0 Å². The molecular formula is C49H31N5. The smallest absolute Gasteiger partial charge is 0.165 e. The van der Waals surface area contributed by atoms with Crippen molar-refractivity contribution >= 4 is 53.9 Å². The van der Waals surface area contributed by atoms with Crippen molar-refractivity contribution in [2.75, 3.05) is 0 Å². The third-order valence-corrected chi connectivity index (χ3v) is 10.1. The van der Waals surface area contributed by atoms with Gasteiger partial charge in [0.15, 0.2) is 17.5 Å². The molecule has 0 N–H and O–H groups in total. The van der Waals surface area contributed by atoms with E-state index in [4.69, 9.17) is 15.0 Å². The van der Waals surface area contributed by atoms with Gasteiger partial charge in [0.1, 0.15) is 0 Å². The molecule has 5 heteroatoms. The maximum Gasteiger partial charge on any atom is 0.165 e. The minimum absolute atomic E-state index is 0.567. The molecule has 7 aromatic carbocycles. The van der Waals surface area contributed by atoms with E-state index in [9.17, 15) is 0 Å². The fourth-order valence-corrected chi connectivity index (χ4v) is 7.57. The van der Waals surface area contributed by atoms with Crippen LogP contribution in [0.15, 0.2) is 189 Å². The van der Waals surface area contributed by atoms with Gasteiger partial charge in [0, 0.05) is 41.5 Å². The first-order chi connectivity index (χ1) is 26.8. The molecule has 252 valence electrons. The summed E-state index contributed by atoms with van der Waals surface area (Å²) in [5.74, 6) is 1.75. The number of aromatic nitrogens is 5. The molecule has 0 saturated heterocycles. The summed E-state index contributed by atoms with van der Waals surface area (Å²) in [5, 5.41) is 11.7. The zero-order chi connectivity index (χ0) is 35.8. The lowest BCUT2D eigenvalue weighted by atomic mass is 9.94. The molecule has 0 aliphatic heterocycles. The van der Waals surface area contributed by atoms with E-state index in [1.807, 2.05) is 36.7 Å². The third kappa shape index (κ3) is 5.56. The van der Waals surface area contributed by atoms with E-state index in [1.165, 1.54) is 37.7 Å². The van der Waals surface area contributed by atoms with Crippen molar-refractivity contribution in [3.8, 4) is 45.3 Å². The highest BCUT2D eigenvalue weighted by atomic mass is 15.0. The van der Waals surface area contributed by atoms with E-state index in [-0.39, 0.29) is 0 Å². The molecule has 3 aromatic heterocycles. The summed E-state index contributed by atoms with van der Waals surface area (Å²) in [6, 6.07) is 57.8. The van der Waals surface area contributed by atoms with E-state index in [0.717, 1.165) is 44.0 Å². The van der Waals surface area contributed by atoms with Crippen molar-refractivity contribution in [1.82, 2.24) is 24.9 Å². The van der Waals surface area contributed by atoms with Gasteiger partial charge in [-0.15, -0.1) is 0 Å². The minimum Gasteiger partial charge on any atom is -0.265 e. The van der Waals surface area contributed by atoms with Gasteiger partial charge < -0.3 is 0 Å². The van der Waals surface area contributed by atoms with Gasteiger partial charge in [0.25, 0.3) is 0 Å². The molecule has 0 radical (unpaired) electrons. The van der Waals surface area contributed by atoms with Gasteiger partial charge in [-0.2, -0.15) is 0 Å². The molecule has 0 amide bonds. The Morgan fingerprint density at radius 2 is 0.630 bits per heavy atom. The Kier molecular flexibility index (Phi) is 7.73. The molecule has 3 heterocycles. The molecule has 5 nitrogen and oxygen atoms in total. The summed E-state index contributed by atoms with van der Waals surface area (Å²) in [7, 11) is 0. The summed E-state index contributed by atoms with van der Waals surface area (Å²) >= 11 is 0. The molecule has 0 fully saturated rings. The number of hydrogen-bond acceptors (Lipinski definition) is 5. The van der Waals surface area contributed by atoms with Crippen LogP contribution in [-0.4, -0.2) is 24.9 Å². The highest BCUT2D eigenvalue weighted by Crippen LogP contribution is 2.37. The van der Waals surface area contributed by atoms with Crippen LogP contribution < -0.4 is 0 Å². The first-order valence-corrected chi connectivity index (χ1v) is 18.0. The van der Waals surface area contributed by atoms with Gasteiger partial charge in [-0.05, 0) is 95.3 Å². The maximum atomic E-state index is 5.14. The second-order valence-corrected chi connectivity index (χ2v) is 13.3. The average Bonchev–Trinajstić information content (AvgIpc) is 3.26. The van der Waals surface area contributed by atoms with Crippen molar-refractivity contribution < 1.29 is 0 Å². The highest BCUT2D eigenvalue weighted by molar-refractivity contribution is 6.26. The van der Waals surface area contributed by atoms with Gasteiger partial charge in [0.05, 0.1) is 0 Å². The van der Waals surface area contributed by atoms with E-state index >= 15 is 0 Å². The van der Waals surface area contributed by atoms with E-state index in [2.05, 4.69) is 149 Å². The molecule has 0 aliphatic rings. The normalized spacial score (nSPS) is 11.3. The summed E-state index contributed by atoms with van der Waals surface area (Å²) in [6.07, 6.45) is 7.17. The zero-order valence-corrected chi connectivity index (χ0v) is 29.1. The fourth-order valence-electron chi connectivity index (χ4n) is 7.57. The topological polar surface area (TPSA) is 64.5 Å². The molecule has 54 heavy (non-hydrogen) atoms. The summed E-state index contributed by atoms with van der Waals surface area (Å²) < 4.78 is 0. The number of rotatable bonds is 4. The second kappa shape index (κ2) is 13.3. The SMILES string of the molecule is c1cncc(-c2nc(-c3ccc(-c4ccncc4)cc3)nc(-c3ccc4c5ccccc5c5ccccc5c5ccccc5c5ccccc5c4c3)n2)c1. The maximum absolute atomic E-state index is 5.14. The van der Waals surface area contributed by atoms with Crippen LogP contribution in [0.3, 0.4) is 0 Å². The van der Waals surface area contributed by atoms with Crippen LogP contribution in [0.5, 0.6) is 0 Å². The molecule has 10 rings (SSSR count). The van der Waals surface area contributed by atoms with Crippen LogP contribution >= 0.6 is 0 Å². The number of benzene rings is 6. The number of hydrogen-bond donors (Lipinski definition) is 0. The first kappa shape index (κ1) is 31.4. The van der Waals surface area contributed by atoms with Crippen LogP contribution in [0.4, 0.5) is 0 Å². The largest absolute Gasteiger partial charge is 0.265 e. The monoisotopic (exact) mass is 689 g/mol. The van der Waals surface area contributed by atoms with Gasteiger partial charge in [-0.3, -0.25) is 9.97 Å². The van der Waals surface area contributed by atoms with Crippen LogP contribution in [-0.2, 0) is 0 Å². The Balaban J connectivity index is 1.28. The Morgan fingerprint density at radius 1 is 0.241 bits per heavy atom. The Labute approximate surface area is 311 Å². The average molecular weight is 690 g/mol. The summed E-state index contributed by atoms with van der Waals surface area (Å²) in [4.78, 5) is 23.8. The summed E-state index contributed by atoms with van der Waals surface area (Å²) in [5.41, 5.74) is 4.82. The molecule has 0 unspecified atom stereocenters. The number of nitrogens with zero attached hydrogens (tertiary/aromatic N) is 5. The molecule has 0 aliphatic carbocycles. The fraction of sp³-hybridized carbons (Fsp3) is 0. The predicted molar refractivity (Wildman–Crippen MR) is 222 cm³/mol. The molecule has 0 spiro atoms. The second-order valence-electron chi connectivity index (χ2n) is 13.3. The van der Waals surface area contributed by atoms with Crippen LogP contribution in [0.1, 0.15) is 0 Å².